The molecule has 0 aliphatic heterocycles. The number of carbonyl (C=O) groups excluding carboxylic acids is 3. The monoisotopic (exact) mass is 344 g/mol. The van der Waals surface area contributed by atoms with Gasteiger partial charge in [-0.25, -0.2) is 9.59 Å². The normalized spacial score (nSPS) is 10.4. The van der Waals surface area contributed by atoms with Crippen LogP contribution in [0.25, 0.3) is 10.9 Å². The first kappa shape index (κ1) is 18.4. The molecule has 2 rings (SSSR count). The summed E-state index contributed by atoms with van der Waals surface area (Å²) in [7, 11) is 0. The zero-order chi connectivity index (χ0) is 18.4. The molecule has 7 heteroatoms. The van der Waals surface area contributed by atoms with Crippen LogP contribution >= 0.6 is 0 Å². The van der Waals surface area contributed by atoms with E-state index < -0.39 is 24.6 Å². The Balaban J connectivity index is 2.17. The van der Waals surface area contributed by atoms with E-state index in [1.807, 2.05) is 43.4 Å². The van der Waals surface area contributed by atoms with Gasteiger partial charge in [-0.2, -0.15) is 0 Å². The molecule has 0 radical (unpaired) electrons. The predicted octanol–water partition coefficient (Wildman–Crippen LogP) is 2.54. The number of imide groups is 1. The second-order valence-corrected chi connectivity index (χ2v) is 5.27. The lowest BCUT2D eigenvalue weighted by Gasteiger charge is -2.13. The number of nitrogens with one attached hydrogen (secondary N) is 1. The van der Waals surface area contributed by atoms with Crippen molar-refractivity contribution < 1.29 is 23.9 Å². The zero-order valence-electron chi connectivity index (χ0n) is 14.4. The number of hydrogen-bond acceptors (Lipinski definition) is 6. The molecule has 132 valence electrons. The van der Waals surface area contributed by atoms with Crippen LogP contribution in [0.4, 0.5) is 4.79 Å². The minimum Gasteiger partial charge on any atom is -0.452 e. The summed E-state index contributed by atoms with van der Waals surface area (Å²) in [6.07, 6.45) is -0.327. The first-order chi connectivity index (χ1) is 12.0. The topological polar surface area (TPSA) is 94.6 Å². The second-order valence-electron chi connectivity index (χ2n) is 5.27. The lowest BCUT2D eigenvalue weighted by Crippen LogP contribution is -2.34. The predicted molar refractivity (Wildman–Crippen MR) is 91.3 cm³/mol. The number of fused-ring (bicyclic) bond motifs is 1. The summed E-state index contributed by atoms with van der Waals surface area (Å²) >= 11 is 0. The number of amides is 2. The summed E-state index contributed by atoms with van der Waals surface area (Å²) in [5.74, 6) is -1.40. The van der Waals surface area contributed by atoms with E-state index in [4.69, 9.17) is 4.74 Å². The smallest absolute Gasteiger partial charge is 0.413 e. The van der Waals surface area contributed by atoms with Gasteiger partial charge in [0.15, 0.2) is 6.61 Å². The van der Waals surface area contributed by atoms with Crippen LogP contribution in [0.2, 0.25) is 0 Å². The number of ether oxygens (including phenoxy) is 2. The van der Waals surface area contributed by atoms with Crippen LogP contribution < -0.4 is 5.32 Å². The molecule has 0 aliphatic rings. The second kappa shape index (κ2) is 8.23. The number of carbonyl (C=O) groups is 3. The van der Waals surface area contributed by atoms with Crippen LogP contribution in [0, 0.1) is 6.92 Å². The maximum absolute atomic E-state index is 12.4. The number of benzene rings is 1. The summed E-state index contributed by atoms with van der Waals surface area (Å²) in [6.45, 7) is 4.89. The Hall–Kier alpha value is -2.96. The minimum absolute atomic E-state index is 0.140. The fourth-order valence-electron chi connectivity index (χ4n) is 2.49. The van der Waals surface area contributed by atoms with Crippen LogP contribution in [0.3, 0.4) is 0 Å². The first-order valence-corrected chi connectivity index (χ1v) is 7.99. The fourth-order valence-corrected chi connectivity index (χ4v) is 2.49. The molecule has 1 aromatic carbocycles. The molecule has 1 heterocycles. The van der Waals surface area contributed by atoms with Gasteiger partial charge in [-0.15, -0.1) is 0 Å². The average Bonchev–Trinajstić information content (AvgIpc) is 2.59. The van der Waals surface area contributed by atoms with Gasteiger partial charge in [0.25, 0.3) is 5.91 Å². The number of esters is 1. The van der Waals surface area contributed by atoms with Crippen LogP contribution in [-0.4, -0.2) is 36.2 Å². The van der Waals surface area contributed by atoms with Gasteiger partial charge < -0.3 is 9.47 Å². The fraction of sp³-hybridized carbons (Fsp3) is 0.333. The van der Waals surface area contributed by atoms with Gasteiger partial charge in [0.05, 0.1) is 23.4 Å². The van der Waals surface area contributed by atoms with Crippen LogP contribution in [-0.2, 0) is 20.7 Å². The highest BCUT2D eigenvalue weighted by Gasteiger charge is 2.20. The third kappa shape index (κ3) is 4.32. The Morgan fingerprint density at radius 2 is 1.84 bits per heavy atom. The molecule has 0 spiro atoms. The van der Waals surface area contributed by atoms with Crippen molar-refractivity contribution in [3.8, 4) is 0 Å². The third-order valence-electron chi connectivity index (χ3n) is 3.62. The molecule has 0 saturated carbocycles. The number of pyridine rings is 1. The van der Waals surface area contributed by atoms with Gasteiger partial charge in [-0.1, -0.05) is 25.1 Å². The van der Waals surface area contributed by atoms with Crippen LogP contribution in [0.15, 0.2) is 24.3 Å². The third-order valence-corrected chi connectivity index (χ3v) is 3.62. The molecule has 2 amide bonds. The van der Waals surface area contributed by atoms with E-state index in [-0.39, 0.29) is 6.61 Å². The van der Waals surface area contributed by atoms with E-state index in [2.05, 4.69) is 9.72 Å². The number of alkyl carbamates (subject to hydrolysis) is 1. The number of aryl methyl sites for hydroxylation is 2. The highest BCUT2D eigenvalue weighted by molar-refractivity contribution is 6.00. The number of para-hydroxylation sites is 1. The standard InChI is InChI=1S/C18H20N2O5/c1-4-13-16(11(3)12-8-6-7-9-14(12)19-13)17(22)25-10-15(21)20-18(23)24-5-2/h6-9H,4-5,10H2,1-3H3,(H,20,21,23). The minimum atomic E-state index is -0.874. The molecule has 0 fully saturated rings. The first-order valence-electron chi connectivity index (χ1n) is 7.99. The summed E-state index contributed by atoms with van der Waals surface area (Å²) in [5, 5.41) is 2.82. The SMILES string of the molecule is CCOC(=O)NC(=O)COC(=O)c1c(CC)nc2ccccc2c1C. The zero-order valence-corrected chi connectivity index (χ0v) is 14.4. The van der Waals surface area contributed by atoms with E-state index in [0.717, 1.165) is 16.5 Å². The molecule has 7 nitrogen and oxygen atoms in total. The Bertz CT molecular complexity index is 816. The molecule has 0 unspecified atom stereocenters. The van der Waals surface area contributed by atoms with E-state index in [1.165, 1.54) is 0 Å². The highest BCUT2D eigenvalue weighted by Crippen LogP contribution is 2.24. The summed E-state index contributed by atoms with van der Waals surface area (Å²) in [6, 6.07) is 7.50. The Kier molecular flexibility index (Phi) is 6.05. The van der Waals surface area contributed by atoms with Crippen molar-refractivity contribution in [1.82, 2.24) is 10.3 Å². The van der Waals surface area contributed by atoms with Crippen molar-refractivity contribution in [2.45, 2.75) is 27.2 Å². The number of aromatic nitrogens is 1. The van der Waals surface area contributed by atoms with E-state index in [0.29, 0.717) is 17.7 Å². The average molecular weight is 344 g/mol. The number of hydrogen-bond donors (Lipinski definition) is 1. The van der Waals surface area contributed by atoms with Crippen LogP contribution in [0.5, 0.6) is 0 Å². The Morgan fingerprint density at radius 1 is 1.12 bits per heavy atom. The molecule has 1 aromatic heterocycles. The maximum atomic E-state index is 12.4. The van der Waals surface area contributed by atoms with Gasteiger partial charge in [-0.3, -0.25) is 15.1 Å². The van der Waals surface area contributed by atoms with Crippen molar-refractivity contribution in [1.29, 1.82) is 0 Å². The van der Waals surface area contributed by atoms with Gasteiger partial charge in [0, 0.05) is 5.39 Å². The summed E-state index contributed by atoms with van der Waals surface area (Å²) in [4.78, 5) is 39.7. The molecular weight excluding hydrogens is 324 g/mol. The lowest BCUT2D eigenvalue weighted by atomic mass is 10.0. The largest absolute Gasteiger partial charge is 0.452 e. The Labute approximate surface area is 145 Å². The molecule has 1 N–H and O–H groups in total. The molecule has 0 bridgehead atoms. The molecule has 0 saturated heterocycles. The molecule has 0 aliphatic carbocycles. The van der Waals surface area contributed by atoms with Crippen LogP contribution in [0.1, 0.15) is 35.5 Å². The van der Waals surface area contributed by atoms with E-state index in [1.54, 1.807) is 6.92 Å². The maximum Gasteiger partial charge on any atom is 0.413 e. The quantitative estimate of drug-likeness (QED) is 0.838. The molecule has 0 atom stereocenters. The highest BCUT2D eigenvalue weighted by atomic mass is 16.6. The number of nitrogens with zero attached hydrogens (tertiary/aromatic N) is 1. The number of rotatable bonds is 5. The van der Waals surface area contributed by atoms with Gasteiger partial charge in [0.2, 0.25) is 0 Å². The van der Waals surface area contributed by atoms with Crippen molar-refractivity contribution in [2.24, 2.45) is 0 Å². The van der Waals surface area contributed by atoms with Crippen molar-refractivity contribution >= 4 is 28.9 Å². The van der Waals surface area contributed by atoms with Gasteiger partial charge in [0.1, 0.15) is 0 Å². The molecule has 2 aromatic rings. The van der Waals surface area contributed by atoms with Crippen molar-refractivity contribution in [3.05, 3.63) is 41.1 Å². The molecule has 25 heavy (non-hydrogen) atoms. The summed E-state index contributed by atoms with van der Waals surface area (Å²) < 4.78 is 9.63. The lowest BCUT2D eigenvalue weighted by molar-refractivity contribution is -0.123. The van der Waals surface area contributed by atoms with E-state index in [9.17, 15) is 14.4 Å². The molecular formula is C18H20N2O5. The van der Waals surface area contributed by atoms with E-state index >= 15 is 0 Å². The van der Waals surface area contributed by atoms with Crippen molar-refractivity contribution in [2.75, 3.05) is 13.2 Å². The van der Waals surface area contributed by atoms with Gasteiger partial charge >= 0.3 is 12.1 Å². The van der Waals surface area contributed by atoms with Crippen molar-refractivity contribution in [3.63, 3.8) is 0 Å². The Morgan fingerprint density at radius 3 is 2.52 bits per heavy atom. The summed E-state index contributed by atoms with van der Waals surface area (Å²) in [5.41, 5.74) is 2.50. The van der Waals surface area contributed by atoms with Gasteiger partial charge in [-0.05, 0) is 31.9 Å².